The lowest BCUT2D eigenvalue weighted by molar-refractivity contribution is 0.0230. The van der Waals surface area contributed by atoms with Crippen LogP contribution in [0.5, 0.6) is 0 Å². The number of nitrogens with two attached hydrogens (primary N) is 1. The molecular formula is C14H30N2O2. The summed E-state index contributed by atoms with van der Waals surface area (Å²) in [7, 11) is 1.76. The Balaban J connectivity index is 2.57. The van der Waals surface area contributed by atoms with Crippen molar-refractivity contribution in [3.05, 3.63) is 0 Å². The van der Waals surface area contributed by atoms with E-state index in [1.807, 2.05) is 0 Å². The smallest absolute Gasteiger partial charge is 0.0589 e. The van der Waals surface area contributed by atoms with Gasteiger partial charge in [0.2, 0.25) is 0 Å². The highest BCUT2D eigenvalue weighted by Gasteiger charge is 2.31. The fraction of sp³-hybridized carbons (Fsp3) is 1.00. The van der Waals surface area contributed by atoms with Crippen molar-refractivity contribution in [2.45, 2.75) is 51.1 Å². The van der Waals surface area contributed by atoms with Gasteiger partial charge in [0.05, 0.1) is 6.61 Å². The first-order valence-corrected chi connectivity index (χ1v) is 7.24. The number of hydrogen-bond acceptors (Lipinski definition) is 4. The summed E-state index contributed by atoms with van der Waals surface area (Å²) in [5.74, 6) is 0. The summed E-state index contributed by atoms with van der Waals surface area (Å²) >= 11 is 0. The average molecular weight is 258 g/mol. The van der Waals surface area contributed by atoms with Crippen LogP contribution in [-0.2, 0) is 9.47 Å². The maximum Gasteiger partial charge on any atom is 0.0589 e. The summed E-state index contributed by atoms with van der Waals surface area (Å²) in [6.45, 7) is 8.83. The third-order valence-electron chi connectivity index (χ3n) is 4.05. The van der Waals surface area contributed by atoms with Gasteiger partial charge in [-0.15, -0.1) is 0 Å². The first-order chi connectivity index (χ1) is 8.65. The summed E-state index contributed by atoms with van der Waals surface area (Å²) in [6.07, 6.45) is 4.28. The van der Waals surface area contributed by atoms with Crippen LogP contribution in [-0.4, -0.2) is 56.5 Å². The zero-order valence-corrected chi connectivity index (χ0v) is 12.3. The topological polar surface area (TPSA) is 47.7 Å². The Labute approximate surface area is 112 Å². The quantitative estimate of drug-likeness (QED) is 0.719. The Kier molecular flexibility index (Phi) is 7.15. The Hall–Kier alpha value is -0.160. The number of hydrogen-bond donors (Lipinski definition) is 1. The molecule has 0 radical (unpaired) electrons. The second kappa shape index (κ2) is 8.10. The second-order valence-electron chi connectivity index (χ2n) is 5.41. The van der Waals surface area contributed by atoms with Crippen LogP contribution in [0.3, 0.4) is 0 Å². The van der Waals surface area contributed by atoms with Crippen molar-refractivity contribution in [2.24, 2.45) is 5.73 Å². The summed E-state index contributed by atoms with van der Waals surface area (Å²) in [4.78, 5) is 2.51. The van der Waals surface area contributed by atoms with Gasteiger partial charge in [-0.1, -0.05) is 13.8 Å². The van der Waals surface area contributed by atoms with Gasteiger partial charge in [0.1, 0.15) is 0 Å². The molecule has 0 aromatic carbocycles. The van der Waals surface area contributed by atoms with Gasteiger partial charge in [-0.3, -0.25) is 4.90 Å². The SMILES string of the molecule is CCC(CC)N(CCOC)CC1(N)CCOCC1. The number of nitrogens with zero attached hydrogens (tertiary/aromatic N) is 1. The minimum absolute atomic E-state index is 0.0748. The molecule has 4 nitrogen and oxygen atoms in total. The molecule has 1 fully saturated rings. The first kappa shape index (κ1) is 15.9. The molecule has 0 atom stereocenters. The summed E-state index contributed by atoms with van der Waals surface area (Å²) in [5.41, 5.74) is 6.44. The lowest BCUT2D eigenvalue weighted by Gasteiger charge is -2.41. The zero-order valence-electron chi connectivity index (χ0n) is 12.3. The third-order valence-corrected chi connectivity index (χ3v) is 4.05. The van der Waals surface area contributed by atoms with Crippen molar-refractivity contribution in [1.82, 2.24) is 4.90 Å². The van der Waals surface area contributed by atoms with Gasteiger partial charge >= 0.3 is 0 Å². The van der Waals surface area contributed by atoms with Crippen molar-refractivity contribution in [2.75, 3.05) is 40.0 Å². The second-order valence-corrected chi connectivity index (χ2v) is 5.41. The lowest BCUT2D eigenvalue weighted by atomic mass is 9.90. The predicted octanol–water partition coefficient (Wildman–Crippen LogP) is 1.63. The fourth-order valence-electron chi connectivity index (χ4n) is 2.74. The van der Waals surface area contributed by atoms with E-state index in [4.69, 9.17) is 15.2 Å². The maximum atomic E-state index is 6.52. The number of rotatable bonds is 8. The molecule has 18 heavy (non-hydrogen) atoms. The van der Waals surface area contributed by atoms with Gasteiger partial charge in [-0.2, -0.15) is 0 Å². The standard InChI is InChI=1S/C14H30N2O2/c1-4-13(5-2)16(8-11-17-3)12-14(15)6-9-18-10-7-14/h13H,4-12,15H2,1-3H3. The van der Waals surface area contributed by atoms with Gasteiger partial charge in [0.15, 0.2) is 0 Å². The lowest BCUT2D eigenvalue weighted by Crippen LogP contribution is -2.56. The van der Waals surface area contributed by atoms with E-state index < -0.39 is 0 Å². The molecule has 108 valence electrons. The van der Waals surface area contributed by atoms with Gasteiger partial charge in [-0.25, -0.2) is 0 Å². The van der Waals surface area contributed by atoms with E-state index >= 15 is 0 Å². The molecule has 0 unspecified atom stereocenters. The molecule has 4 heteroatoms. The Bertz CT molecular complexity index is 214. The molecule has 0 aromatic heterocycles. The first-order valence-electron chi connectivity index (χ1n) is 7.24. The van der Waals surface area contributed by atoms with E-state index in [0.29, 0.717) is 6.04 Å². The molecule has 0 aliphatic carbocycles. The van der Waals surface area contributed by atoms with Crippen LogP contribution in [0, 0.1) is 0 Å². The minimum atomic E-state index is -0.0748. The summed E-state index contributed by atoms with van der Waals surface area (Å²) in [5, 5.41) is 0. The fourth-order valence-corrected chi connectivity index (χ4v) is 2.74. The molecule has 0 saturated carbocycles. The van der Waals surface area contributed by atoms with Crippen LogP contribution in [0.25, 0.3) is 0 Å². The molecule has 1 heterocycles. The molecule has 1 rings (SSSR count). The van der Waals surface area contributed by atoms with Crippen molar-refractivity contribution in [1.29, 1.82) is 0 Å². The van der Waals surface area contributed by atoms with E-state index in [1.54, 1.807) is 7.11 Å². The van der Waals surface area contributed by atoms with Gasteiger partial charge in [0, 0.05) is 45.0 Å². The van der Waals surface area contributed by atoms with Crippen molar-refractivity contribution < 1.29 is 9.47 Å². The van der Waals surface area contributed by atoms with Crippen molar-refractivity contribution in [3.63, 3.8) is 0 Å². The Morgan fingerprint density at radius 1 is 1.28 bits per heavy atom. The van der Waals surface area contributed by atoms with Crippen LogP contribution in [0.1, 0.15) is 39.5 Å². The summed E-state index contributed by atoms with van der Waals surface area (Å²) in [6, 6.07) is 0.614. The van der Waals surface area contributed by atoms with Crippen LogP contribution < -0.4 is 5.73 Å². The third kappa shape index (κ3) is 4.84. The van der Waals surface area contributed by atoms with Crippen LogP contribution >= 0.6 is 0 Å². The summed E-state index contributed by atoms with van der Waals surface area (Å²) < 4.78 is 10.6. The Morgan fingerprint density at radius 2 is 1.89 bits per heavy atom. The number of methoxy groups -OCH3 is 1. The van der Waals surface area contributed by atoms with E-state index in [0.717, 1.165) is 45.8 Å². The van der Waals surface area contributed by atoms with E-state index in [1.165, 1.54) is 12.8 Å². The van der Waals surface area contributed by atoms with Crippen LogP contribution in [0.15, 0.2) is 0 Å². The molecule has 1 aliphatic heterocycles. The molecular weight excluding hydrogens is 228 g/mol. The molecule has 2 N–H and O–H groups in total. The van der Waals surface area contributed by atoms with Crippen LogP contribution in [0.4, 0.5) is 0 Å². The average Bonchev–Trinajstić information content (AvgIpc) is 2.37. The molecule has 0 spiro atoms. The van der Waals surface area contributed by atoms with E-state index in [-0.39, 0.29) is 5.54 Å². The zero-order chi connectivity index (χ0) is 13.4. The number of ether oxygens (including phenoxy) is 2. The molecule has 0 bridgehead atoms. The minimum Gasteiger partial charge on any atom is -0.383 e. The maximum absolute atomic E-state index is 6.52. The van der Waals surface area contributed by atoms with E-state index in [9.17, 15) is 0 Å². The van der Waals surface area contributed by atoms with Gasteiger partial charge in [0.25, 0.3) is 0 Å². The van der Waals surface area contributed by atoms with Crippen molar-refractivity contribution >= 4 is 0 Å². The highest BCUT2D eigenvalue weighted by atomic mass is 16.5. The molecule has 1 saturated heterocycles. The molecule has 0 amide bonds. The molecule has 0 aromatic rings. The molecule has 1 aliphatic rings. The highest BCUT2D eigenvalue weighted by Crippen LogP contribution is 2.21. The predicted molar refractivity (Wildman–Crippen MR) is 74.8 cm³/mol. The normalized spacial score (nSPS) is 19.7. The Morgan fingerprint density at radius 3 is 2.39 bits per heavy atom. The highest BCUT2D eigenvalue weighted by molar-refractivity contribution is 4.91. The van der Waals surface area contributed by atoms with E-state index in [2.05, 4.69) is 18.7 Å². The largest absolute Gasteiger partial charge is 0.383 e. The van der Waals surface area contributed by atoms with Gasteiger partial charge < -0.3 is 15.2 Å². The van der Waals surface area contributed by atoms with Crippen molar-refractivity contribution in [3.8, 4) is 0 Å². The monoisotopic (exact) mass is 258 g/mol. The van der Waals surface area contributed by atoms with Gasteiger partial charge in [-0.05, 0) is 25.7 Å². The van der Waals surface area contributed by atoms with Crippen LogP contribution in [0.2, 0.25) is 0 Å².